The molecule has 0 aliphatic carbocycles. The molecular weight excluding hydrogens is 521 g/mol. The zero-order chi connectivity index (χ0) is 27.7. The monoisotopic (exact) mass is 553 g/mol. The Morgan fingerprint density at radius 2 is 2.00 bits per heavy atom. The minimum Gasteiger partial charge on any atom is -0.459 e. The first kappa shape index (κ1) is 29.3. The number of hydrogen-bond donors (Lipinski definition) is 5. The lowest BCUT2D eigenvalue weighted by Crippen LogP contribution is -2.31. The molecule has 0 radical (unpaired) electrons. The van der Waals surface area contributed by atoms with Gasteiger partial charge in [0.15, 0.2) is 0 Å². The van der Waals surface area contributed by atoms with Crippen molar-refractivity contribution in [1.82, 2.24) is 14.9 Å². The van der Waals surface area contributed by atoms with Crippen LogP contribution in [0, 0.1) is 0 Å². The molecule has 0 unspecified atom stereocenters. The quantitative estimate of drug-likeness (QED) is 0.135. The summed E-state index contributed by atoms with van der Waals surface area (Å²) in [5, 5.41) is 5.82. The van der Waals surface area contributed by atoms with Gasteiger partial charge in [-0.25, -0.2) is 9.36 Å². The number of esters is 1. The molecule has 1 aliphatic rings. The molecule has 1 fully saturated rings. The normalized spacial score (nSPS) is 19.2. The van der Waals surface area contributed by atoms with Crippen molar-refractivity contribution in [3.63, 3.8) is 0 Å². The third-order valence-electron chi connectivity index (χ3n) is 5.82. The van der Waals surface area contributed by atoms with Gasteiger partial charge >= 0.3 is 19.5 Å². The van der Waals surface area contributed by atoms with E-state index < -0.39 is 44.5 Å². The molecule has 3 rings (SSSR count). The number of unbranched alkanes of at least 4 members (excludes halogenated alkanes) is 2. The van der Waals surface area contributed by atoms with Gasteiger partial charge in [0.25, 0.3) is 5.91 Å². The van der Waals surface area contributed by atoms with Crippen molar-refractivity contribution < 1.29 is 37.9 Å². The number of ether oxygens (including phenoxy) is 2. The summed E-state index contributed by atoms with van der Waals surface area (Å²) in [6, 6.07) is 8.56. The first-order valence-corrected chi connectivity index (χ1v) is 13.5. The lowest BCUT2D eigenvalue weighted by Gasteiger charge is -2.19. The van der Waals surface area contributed by atoms with E-state index in [0.717, 1.165) is 10.3 Å². The zero-order valence-electron chi connectivity index (χ0n) is 20.8. The Morgan fingerprint density at radius 3 is 2.71 bits per heavy atom. The van der Waals surface area contributed by atoms with E-state index in [1.54, 1.807) is 19.2 Å². The smallest absolute Gasteiger partial charge is 0.459 e. The van der Waals surface area contributed by atoms with E-state index in [1.807, 2.05) is 12.1 Å². The summed E-state index contributed by atoms with van der Waals surface area (Å²) in [6.07, 6.45) is 0.507. The van der Waals surface area contributed by atoms with Crippen LogP contribution in [0.15, 0.2) is 41.3 Å². The van der Waals surface area contributed by atoms with Gasteiger partial charge in [0.2, 0.25) is 0 Å². The van der Waals surface area contributed by atoms with Crippen LogP contribution < -0.4 is 22.1 Å². The van der Waals surface area contributed by atoms with Gasteiger partial charge in [-0.05, 0) is 31.0 Å². The minimum absolute atomic E-state index is 0.0240. The highest BCUT2D eigenvalue weighted by Crippen LogP contribution is 2.38. The van der Waals surface area contributed by atoms with E-state index in [9.17, 15) is 18.9 Å². The summed E-state index contributed by atoms with van der Waals surface area (Å²) in [6.45, 7) is -0.109. The van der Waals surface area contributed by atoms with Crippen LogP contribution in [0.25, 0.3) is 0 Å². The summed E-state index contributed by atoms with van der Waals surface area (Å²) in [4.78, 5) is 58.7. The third kappa shape index (κ3) is 8.64. The number of para-hydroxylation sites is 1. The Bertz CT molecular complexity index is 1220. The number of hydrogen-bond acceptors (Lipinski definition) is 10. The highest BCUT2D eigenvalue weighted by molar-refractivity contribution is 7.46. The van der Waals surface area contributed by atoms with E-state index in [-0.39, 0.29) is 24.6 Å². The summed E-state index contributed by atoms with van der Waals surface area (Å²) in [5.41, 5.74) is 6.10. The Labute approximate surface area is 218 Å². The maximum Gasteiger partial charge on any atom is 0.469 e. The predicted molar refractivity (Wildman–Crippen MR) is 136 cm³/mol. The van der Waals surface area contributed by atoms with Crippen LogP contribution in [0.3, 0.4) is 0 Å². The molecule has 1 aromatic heterocycles. The van der Waals surface area contributed by atoms with Gasteiger partial charge in [0.1, 0.15) is 24.3 Å². The lowest BCUT2D eigenvalue weighted by molar-refractivity contribution is -0.153. The molecular formula is C23H32N5O9P. The molecule has 1 saturated heterocycles. The standard InChI is InChI=1S/C23H32N5O9P/c1-25-16-8-5-4-7-15(16)22(30)26-11-6-2-3-9-21(29)37-17-13-20(28-12-10-19(24)27-23(28)31)36-18(17)14-35-38(32,33)34/h4-5,7-8,10,12,17-18,20,25H,2-3,6,9,11,13-14H2,1H3,(H,26,30)(H2,24,27,31)(H2,32,33,34)/t17-,18+,20+/m0/s1. The van der Waals surface area contributed by atoms with Crippen LogP contribution in [0.2, 0.25) is 0 Å². The molecule has 14 nitrogen and oxygen atoms in total. The molecule has 38 heavy (non-hydrogen) atoms. The van der Waals surface area contributed by atoms with Crippen LogP contribution in [0.1, 0.15) is 48.7 Å². The van der Waals surface area contributed by atoms with Gasteiger partial charge in [0.05, 0.1) is 12.2 Å². The maximum absolute atomic E-state index is 12.5. The highest BCUT2D eigenvalue weighted by atomic mass is 31.2. The van der Waals surface area contributed by atoms with E-state index in [0.29, 0.717) is 31.4 Å². The van der Waals surface area contributed by atoms with Gasteiger partial charge in [-0.2, -0.15) is 4.98 Å². The SMILES string of the molecule is CNc1ccccc1C(=O)NCCCCCC(=O)O[C@H]1C[C@H](n2ccc(N)nc2=O)O[C@@H]1COP(=O)(O)O. The van der Waals surface area contributed by atoms with Crippen molar-refractivity contribution in [3.05, 3.63) is 52.6 Å². The Hall–Kier alpha value is -3.29. The van der Waals surface area contributed by atoms with E-state index in [2.05, 4.69) is 20.1 Å². The molecule has 15 heteroatoms. The Morgan fingerprint density at radius 1 is 1.24 bits per heavy atom. The number of nitrogens with one attached hydrogen (secondary N) is 2. The van der Waals surface area contributed by atoms with Gasteiger partial charge < -0.3 is 35.6 Å². The molecule has 1 aromatic carbocycles. The fraction of sp³-hybridized carbons (Fsp3) is 0.478. The number of anilines is 2. The average molecular weight is 554 g/mol. The summed E-state index contributed by atoms with van der Waals surface area (Å²) in [7, 11) is -3.06. The van der Waals surface area contributed by atoms with Crippen LogP contribution in [0.5, 0.6) is 0 Å². The Balaban J connectivity index is 1.46. The molecule has 208 valence electrons. The fourth-order valence-corrected chi connectivity index (χ4v) is 4.30. The van der Waals surface area contributed by atoms with E-state index in [1.165, 1.54) is 12.3 Å². The maximum atomic E-state index is 12.5. The summed E-state index contributed by atoms with van der Waals surface area (Å²) >= 11 is 0. The fourth-order valence-electron chi connectivity index (χ4n) is 3.96. The molecule has 1 amide bonds. The van der Waals surface area contributed by atoms with Crippen molar-refractivity contribution >= 4 is 31.2 Å². The first-order valence-electron chi connectivity index (χ1n) is 12.0. The predicted octanol–water partition coefficient (Wildman–Crippen LogP) is 1.17. The number of carbonyl (C=O) groups excluding carboxylic acids is 2. The number of phosphoric acid groups is 1. The molecule has 2 aromatic rings. The first-order chi connectivity index (χ1) is 18.1. The highest BCUT2D eigenvalue weighted by Gasteiger charge is 2.40. The number of nitrogen functional groups attached to an aromatic ring is 1. The number of amides is 1. The molecule has 0 bridgehead atoms. The summed E-state index contributed by atoms with van der Waals surface area (Å²) in [5.74, 6) is -0.699. The van der Waals surface area contributed by atoms with E-state index >= 15 is 0 Å². The van der Waals surface area contributed by atoms with Crippen LogP contribution in [-0.4, -0.2) is 63.6 Å². The second kappa shape index (κ2) is 13.5. The topological polar surface area (TPSA) is 204 Å². The molecule has 6 N–H and O–H groups in total. The molecule has 1 aliphatic heterocycles. The summed E-state index contributed by atoms with van der Waals surface area (Å²) < 4.78 is 28.0. The number of carbonyl (C=O) groups is 2. The molecule has 3 atom stereocenters. The zero-order valence-corrected chi connectivity index (χ0v) is 21.7. The van der Waals surface area contributed by atoms with Crippen molar-refractivity contribution in [3.8, 4) is 0 Å². The van der Waals surface area contributed by atoms with Crippen LogP contribution >= 0.6 is 7.82 Å². The molecule has 0 spiro atoms. The average Bonchev–Trinajstić information content (AvgIpc) is 3.26. The van der Waals surface area contributed by atoms with Crippen LogP contribution in [0.4, 0.5) is 11.5 Å². The Kier molecular flexibility index (Phi) is 10.4. The minimum atomic E-state index is -4.80. The second-order valence-electron chi connectivity index (χ2n) is 8.58. The van der Waals surface area contributed by atoms with Gasteiger partial charge in [-0.3, -0.25) is 18.7 Å². The number of aromatic nitrogens is 2. The van der Waals surface area contributed by atoms with Gasteiger partial charge in [-0.15, -0.1) is 0 Å². The van der Waals surface area contributed by atoms with Gasteiger partial charge in [-0.1, -0.05) is 18.6 Å². The van der Waals surface area contributed by atoms with Crippen molar-refractivity contribution in [1.29, 1.82) is 0 Å². The third-order valence-corrected chi connectivity index (χ3v) is 6.30. The number of benzene rings is 1. The number of nitrogens with zero attached hydrogens (tertiary/aromatic N) is 2. The van der Waals surface area contributed by atoms with Gasteiger partial charge in [0, 0.05) is 38.3 Å². The number of nitrogens with two attached hydrogens (primary N) is 1. The van der Waals surface area contributed by atoms with Crippen molar-refractivity contribution in [2.45, 2.75) is 50.5 Å². The molecule has 2 heterocycles. The number of phosphoric ester groups is 1. The van der Waals surface area contributed by atoms with E-state index in [4.69, 9.17) is 25.0 Å². The second-order valence-corrected chi connectivity index (χ2v) is 9.82. The largest absolute Gasteiger partial charge is 0.469 e. The lowest BCUT2D eigenvalue weighted by atomic mass is 10.1. The number of rotatable bonds is 13. The van der Waals surface area contributed by atoms with Crippen molar-refractivity contribution in [2.75, 3.05) is 31.2 Å². The van der Waals surface area contributed by atoms with Crippen LogP contribution in [-0.2, 0) is 23.4 Å². The van der Waals surface area contributed by atoms with Crippen molar-refractivity contribution in [2.24, 2.45) is 0 Å². The molecule has 0 saturated carbocycles.